The van der Waals surface area contributed by atoms with Gasteiger partial charge in [0.05, 0.1) is 22.1 Å². The van der Waals surface area contributed by atoms with Gasteiger partial charge >= 0.3 is 0 Å². The first-order chi connectivity index (χ1) is 31.3. The molecule has 3 heteroatoms. The molecule has 12 aromatic rings. The van der Waals surface area contributed by atoms with Crippen LogP contribution in [-0.2, 0) is 0 Å². The van der Waals surface area contributed by atoms with Crippen molar-refractivity contribution in [3.63, 3.8) is 0 Å². The molecule has 0 amide bonds. The number of aromatic nitrogens is 1. The largest absolute Gasteiger partial charge is 0.455 e. The van der Waals surface area contributed by atoms with Crippen LogP contribution >= 0.6 is 0 Å². The first kappa shape index (κ1) is 36.5. The Balaban J connectivity index is 1.05. The quantitative estimate of drug-likeness (QED) is 0.153. The van der Waals surface area contributed by atoms with E-state index in [2.05, 4.69) is 252 Å². The lowest BCUT2D eigenvalue weighted by atomic mass is 9.93. The van der Waals surface area contributed by atoms with Crippen LogP contribution in [0.2, 0.25) is 0 Å². The van der Waals surface area contributed by atoms with Crippen molar-refractivity contribution in [3.05, 3.63) is 243 Å². The molecule has 0 aliphatic heterocycles. The molecule has 0 unspecified atom stereocenters. The molecule has 0 aliphatic carbocycles. The van der Waals surface area contributed by atoms with E-state index in [0.717, 1.165) is 61.4 Å². The van der Waals surface area contributed by atoms with Gasteiger partial charge in [0.1, 0.15) is 11.2 Å². The Morgan fingerprint density at radius 2 is 0.810 bits per heavy atom. The van der Waals surface area contributed by atoms with Crippen molar-refractivity contribution >= 4 is 60.8 Å². The molecule has 2 aromatic heterocycles. The highest BCUT2D eigenvalue weighted by Crippen LogP contribution is 2.48. The summed E-state index contributed by atoms with van der Waals surface area (Å²) >= 11 is 0. The maximum Gasteiger partial charge on any atom is 0.145 e. The van der Waals surface area contributed by atoms with E-state index in [-0.39, 0.29) is 0 Å². The van der Waals surface area contributed by atoms with Crippen LogP contribution in [0, 0.1) is 0 Å². The molecule has 0 saturated heterocycles. The average Bonchev–Trinajstić information content (AvgIpc) is 3.92. The monoisotopic (exact) mass is 804 g/mol. The lowest BCUT2D eigenvalue weighted by Crippen LogP contribution is -2.11. The Bertz CT molecular complexity index is 3530. The minimum Gasteiger partial charge on any atom is -0.455 e. The molecule has 0 saturated carbocycles. The molecule has 0 atom stereocenters. The first-order valence-electron chi connectivity index (χ1n) is 21.5. The Labute approximate surface area is 366 Å². The summed E-state index contributed by atoms with van der Waals surface area (Å²) in [5.74, 6) is 0. The van der Waals surface area contributed by atoms with Crippen molar-refractivity contribution in [2.24, 2.45) is 0 Å². The molecule has 296 valence electrons. The van der Waals surface area contributed by atoms with E-state index in [1.807, 2.05) is 0 Å². The smallest absolute Gasteiger partial charge is 0.145 e. The standard InChI is InChI=1S/C60H40N2O/c1-4-16-41(17-5-1)42-28-32-46(33-29-42)61(48-36-37-49(43-18-6-2-7-19-43)54(40-48)44-20-8-3-9-21-44)57-39-38-50(60-59(57)53-24-12-15-27-58(53)63-60)45-30-34-47(35-31-45)62-55-25-13-10-22-51(55)52-23-11-14-26-56(52)62/h1-40H. The van der Waals surface area contributed by atoms with E-state index in [4.69, 9.17) is 4.42 Å². The van der Waals surface area contributed by atoms with E-state index in [1.54, 1.807) is 0 Å². The van der Waals surface area contributed by atoms with Gasteiger partial charge in [-0.2, -0.15) is 0 Å². The number of anilines is 3. The van der Waals surface area contributed by atoms with Gasteiger partial charge < -0.3 is 13.9 Å². The zero-order valence-electron chi connectivity index (χ0n) is 34.4. The van der Waals surface area contributed by atoms with Crippen molar-refractivity contribution in [2.75, 3.05) is 4.90 Å². The predicted octanol–water partition coefficient (Wildman–Crippen LogP) is 16.8. The van der Waals surface area contributed by atoms with Gasteiger partial charge in [-0.15, -0.1) is 0 Å². The van der Waals surface area contributed by atoms with Gasteiger partial charge in [-0.1, -0.05) is 176 Å². The van der Waals surface area contributed by atoms with Gasteiger partial charge in [-0.25, -0.2) is 0 Å². The number of rotatable bonds is 8. The van der Waals surface area contributed by atoms with Gasteiger partial charge in [-0.05, 0) is 106 Å². The summed E-state index contributed by atoms with van der Waals surface area (Å²) in [7, 11) is 0. The molecule has 0 N–H and O–H groups in total. The van der Waals surface area contributed by atoms with Crippen LogP contribution in [0.5, 0.6) is 0 Å². The molecule has 0 spiro atoms. The van der Waals surface area contributed by atoms with E-state index in [9.17, 15) is 0 Å². The minimum absolute atomic E-state index is 0.854. The predicted molar refractivity (Wildman–Crippen MR) is 264 cm³/mol. The fourth-order valence-electron chi connectivity index (χ4n) is 9.47. The topological polar surface area (TPSA) is 21.3 Å². The van der Waals surface area contributed by atoms with Gasteiger partial charge in [0.15, 0.2) is 0 Å². The molecule has 3 nitrogen and oxygen atoms in total. The highest BCUT2D eigenvalue weighted by molar-refractivity contribution is 6.17. The van der Waals surface area contributed by atoms with Gasteiger partial charge in [0.2, 0.25) is 0 Å². The zero-order valence-corrected chi connectivity index (χ0v) is 34.4. The number of furan rings is 1. The van der Waals surface area contributed by atoms with Crippen LogP contribution in [0.3, 0.4) is 0 Å². The van der Waals surface area contributed by atoms with Gasteiger partial charge in [0.25, 0.3) is 0 Å². The fraction of sp³-hybridized carbons (Fsp3) is 0. The molecular weight excluding hydrogens is 765 g/mol. The maximum absolute atomic E-state index is 6.93. The van der Waals surface area contributed by atoms with Crippen molar-refractivity contribution < 1.29 is 4.42 Å². The summed E-state index contributed by atoms with van der Waals surface area (Å²) in [6.45, 7) is 0. The Hall–Kier alpha value is -8.40. The summed E-state index contributed by atoms with van der Waals surface area (Å²) in [4.78, 5) is 2.40. The third-order valence-corrected chi connectivity index (χ3v) is 12.4. The van der Waals surface area contributed by atoms with Crippen LogP contribution < -0.4 is 4.90 Å². The molecule has 63 heavy (non-hydrogen) atoms. The van der Waals surface area contributed by atoms with Crippen LogP contribution in [0.25, 0.3) is 93.9 Å². The second kappa shape index (κ2) is 15.3. The lowest BCUT2D eigenvalue weighted by molar-refractivity contribution is 0.670. The number of nitrogens with zero attached hydrogens (tertiary/aromatic N) is 2. The molecule has 0 aliphatic rings. The van der Waals surface area contributed by atoms with Crippen molar-refractivity contribution in [2.45, 2.75) is 0 Å². The van der Waals surface area contributed by atoms with Crippen LogP contribution in [0.15, 0.2) is 247 Å². The summed E-state index contributed by atoms with van der Waals surface area (Å²) in [6.07, 6.45) is 0. The Kier molecular flexibility index (Phi) is 8.83. The molecule has 0 bridgehead atoms. The van der Waals surface area contributed by atoms with Gasteiger partial charge in [0, 0.05) is 38.8 Å². The maximum atomic E-state index is 6.93. The van der Waals surface area contributed by atoms with Crippen molar-refractivity contribution in [1.29, 1.82) is 0 Å². The van der Waals surface area contributed by atoms with Gasteiger partial charge in [-0.3, -0.25) is 0 Å². The molecule has 2 heterocycles. The number of para-hydroxylation sites is 3. The van der Waals surface area contributed by atoms with Crippen LogP contribution in [0.4, 0.5) is 17.1 Å². The summed E-state index contributed by atoms with van der Waals surface area (Å²) in [5.41, 5.74) is 17.5. The Morgan fingerprint density at radius 1 is 0.333 bits per heavy atom. The van der Waals surface area contributed by atoms with E-state index >= 15 is 0 Å². The molecule has 12 rings (SSSR count). The highest BCUT2D eigenvalue weighted by Gasteiger charge is 2.24. The third kappa shape index (κ3) is 6.29. The Morgan fingerprint density at radius 3 is 1.46 bits per heavy atom. The zero-order chi connectivity index (χ0) is 41.7. The minimum atomic E-state index is 0.854. The number of benzene rings is 10. The second-order valence-corrected chi connectivity index (χ2v) is 16.1. The number of fused-ring (bicyclic) bond motifs is 6. The third-order valence-electron chi connectivity index (χ3n) is 12.4. The van der Waals surface area contributed by atoms with E-state index in [1.165, 1.54) is 49.6 Å². The fourth-order valence-corrected chi connectivity index (χ4v) is 9.47. The summed E-state index contributed by atoms with van der Waals surface area (Å²) < 4.78 is 9.30. The van der Waals surface area contributed by atoms with Crippen molar-refractivity contribution in [1.82, 2.24) is 4.57 Å². The number of hydrogen-bond donors (Lipinski definition) is 0. The molecule has 0 radical (unpaired) electrons. The number of hydrogen-bond acceptors (Lipinski definition) is 2. The molecule has 0 fully saturated rings. The average molecular weight is 805 g/mol. The first-order valence-corrected chi connectivity index (χ1v) is 21.5. The van der Waals surface area contributed by atoms with Crippen molar-refractivity contribution in [3.8, 4) is 50.2 Å². The second-order valence-electron chi connectivity index (χ2n) is 16.1. The molecule has 10 aromatic carbocycles. The van der Waals surface area contributed by atoms with E-state index < -0.39 is 0 Å². The van der Waals surface area contributed by atoms with Crippen LogP contribution in [-0.4, -0.2) is 4.57 Å². The summed E-state index contributed by atoms with van der Waals surface area (Å²) in [5, 5.41) is 4.64. The summed E-state index contributed by atoms with van der Waals surface area (Å²) in [6, 6.07) is 87.0. The van der Waals surface area contributed by atoms with E-state index in [0.29, 0.717) is 0 Å². The normalized spacial score (nSPS) is 11.5. The SMILES string of the molecule is c1ccc(-c2ccc(N(c3ccc(-c4ccccc4)c(-c4ccccc4)c3)c3ccc(-c4ccc(-n5c6ccccc6c6ccccc65)cc4)c4oc5ccccc5c34)cc2)cc1. The van der Waals surface area contributed by atoms with Crippen LogP contribution in [0.1, 0.15) is 0 Å². The highest BCUT2D eigenvalue weighted by atomic mass is 16.3. The molecular formula is C60H40N2O. The lowest BCUT2D eigenvalue weighted by Gasteiger charge is -2.28.